The molecule has 2 heterocycles. The van der Waals surface area contributed by atoms with Gasteiger partial charge in [-0.25, -0.2) is 4.39 Å². The maximum atomic E-state index is 14.2. The molecule has 1 aliphatic rings. The minimum Gasteiger partial charge on any atom is -0.487 e. The van der Waals surface area contributed by atoms with Crippen LogP contribution in [0.1, 0.15) is 24.5 Å². The fraction of sp³-hybridized carbons (Fsp3) is 0.316. The Hall–Kier alpha value is -3.14. The molecular formula is C19H19FN4O2. The topological polar surface area (TPSA) is 78.2 Å². The highest BCUT2D eigenvalue weighted by molar-refractivity contribution is 5.72. The van der Waals surface area contributed by atoms with Crippen LogP contribution in [0.3, 0.4) is 0 Å². The lowest BCUT2D eigenvalue weighted by molar-refractivity contribution is -0.119. The molecule has 26 heavy (non-hydrogen) atoms. The van der Waals surface area contributed by atoms with Gasteiger partial charge in [0, 0.05) is 38.2 Å². The predicted octanol–water partition coefficient (Wildman–Crippen LogP) is 2.39. The second kappa shape index (κ2) is 7.83. The van der Waals surface area contributed by atoms with Gasteiger partial charge in [0.2, 0.25) is 5.91 Å². The summed E-state index contributed by atoms with van der Waals surface area (Å²) in [4.78, 5) is 17.1. The van der Waals surface area contributed by atoms with E-state index in [9.17, 15) is 9.18 Å². The average molecular weight is 354 g/mol. The molecule has 0 saturated carbocycles. The lowest BCUT2D eigenvalue weighted by Crippen LogP contribution is -2.26. The first-order chi connectivity index (χ1) is 12.6. The molecule has 1 atom stereocenters. The Morgan fingerprint density at radius 3 is 3.08 bits per heavy atom. The van der Waals surface area contributed by atoms with Crippen molar-refractivity contribution < 1.29 is 13.9 Å². The summed E-state index contributed by atoms with van der Waals surface area (Å²) in [6, 6.07) is 8.22. The number of nitrogens with zero attached hydrogens (tertiary/aromatic N) is 3. The summed E-state index contributed by atoms with van der Waals surface area (Å²) in [5.41, 5.74) is 1.62. The van der Waals surface area contributed by atoms with Gasteiger partial charge >= 0.3 is 0 Å². The van der Waals surface area contributed by atoms with Gasteiger partial charge in [-0.05, 0) is 24.3 Å². The number of amides is 1. The summed E-state index contributed by atoms with van der Waals surface area (Å²) >= 11 is 0. The minimum atomic E-state index is -0.405. The van der Waals surface area contributed by atoms with Crippen LogP contribution >= 0.6 is 0 Å². The van der Waals surface area contributed by atoms with Gasteiger partial charge in [0.05, 0.1) is 30.1 Å². The number of carbonyl (C=O) groups excluding carboxylic acids is 1. The largest absolute Gasteiger partial charge is 0.487 e. The predicted molar refractivity (Wildman–Crippen MR) is 94.1 cm³/mol. The van der Waals surface area contributed by atoms with Crippen molar-refractivity contribution >= 4 is 11.6 Å². The lowest BCUT2D eigenvalue weighted by Gasteiger charge is -2.20. The molecule has 1 amide bonds. The third-order valence-corrected chi connectivity index (χ3v) is 4.25. The Labute approximate surface area is 151 Å². The van der Waals surface area contributed by atoms with Gasteiger partial charge in [-0.2, -0.15) is 5.26 Å². The molecule has 6 nitrogen and oxygen atoms in total. The number of pyridine rings is 1. The maximum absolute atomic E-state index is 14.2. The van der Waals surface area contributed by atoms with E-state index in [4.69, 9.17) is 10.00 Å². The van der Waals surface area contributed by atoms with Crippen molar-refractivity contribution in [3.63, 3.8) is 0 Å². The van der Waals surface area contributed by atoms with Crippen LogP contribution in [0.4, 0.5) is 10.1 Å². The summed E-state index contributed by atoms with van der Waals surface area (Å²) in [6.45, 7) is 3.03. The number of anilines is 1. The van der Waals surface area contributed by atoms with Crippen molar-refractivity contribution in [2.45, 2.75) is 26.0 Å². The molecule has 7 heteroatoms. The number of hydrogen-bond donors (Lipinski definition) is 1. The van der Waals surface area contributed by atoms with Gasteiger partial charge in [0.1, 0.15) is 17.7 Å². The van der Waals surface area contributed by atoms with Crippen LogP contribution in [-0.4, -0.2) is 30.1 Å². The van der Waals surface area contributed by atoms with Crippen molar-refractivity contribution in [1.82, 2.24) is 10.3 Å². The first-order valence-corrected chi connectivity index (χ1v) is 8.35. The van der Waals surface area contributed by atoms with Gasteiger partial charge in [-0.3, -0.25) is 9.78 Å². The van der Waals surface area contributed by atoms with Gasteiger partial charge in [0.25, 0.3) is 0 Å². The number of benzene rings is 1. The molecule has 1 aromatic carbocycles. The number of ether oxygens (including phenoxy) is 1. The molecular weight excluding hydrogens is 335 g/mol. The fourth-order valence-electron chi connectivity index (χ4n) is 2.94. The zero-order chi connectivity index (χ0) is 18.5. The molecule has 2 aromatic rings. The van der Waals surface area contributed by atoms with Crippen molar-refractivity contribution in [2.24, 2.45) is 0 Å². The number of aromatic nitrogens is 1. The van der Waals surface area contributed by atoms with E-state index in [0.29, 0.717) is 36.6 Å². The van der Waals surface area contributed by atoms with E-state index in [0.717, 1.165) is 12.0 Å². The van der Waals surface area contributed by atoms with E-state index >= 15 is 0 Å². The van der Waals surface area contributed by atoms with Gasteiger partial charge in [-0.15, -0.1) is 0 Å². The number of halogens is 1. The second-order valence-corrected chi connectivity index (χ2v) is 6.15. The zero-order valence-corrected chi connectivity index (χ0v) is 14.4. The molecule has 0 bridgehead atoms. The Morgan fingerprint density at radius 2 is 2.35 bits per heavy atom. The van der Waals surface area contributed by atoms with Crippen LogP contribution in [0.15, 0.2) is 36.7 Å². The van der Waals surface area contributed by atoms with E-state index in [1.807, 2.05) is 11.0 Å². The normalized spacial score (nSPS) is 16.2. The third kappa shape index (κ3) is 4.09. The highest BCUT2D eigenvalue weighted by Crippen LogP contribution is 2.27. The molecule has 0 unspecified atom stereocenters. The molecule has 134 valence electrons. The van der Waals surface area contributed by atoms with Crippen LogP contribution in [0, 0.1) is 17.1 Å². The van der Waals surface area contributed by atoms with Crippen molar-refractivity contribution in [3.05, 3.63) is 53.6 Å². The summed E-state index contributed by atoms with van der Waals surface area (Å²) < 4.78 is 20.2. The van der Waals surface area contributed by atoms with Gasteiger partial charge < -0.3 is 15.0 Å². The van der Waals surface area contributed by atoms with E-state index in [2.05, 4.69) is 10.3 Å². The van der Waals surface area contributed by atoms with Crippen LogP contribution < -0.4 is 15.0 Å². The van der Waals surface area contributed by atoms with E-state index in [1.54, 1.807) is 30.6 Å². The quantitative estimate of drug-likeness (QED) is 0.892. The van der Waals surface area contributed by atoms with Crippen LogP contribution in [0.2, 0.25) is 0 Å². The molecule has 1 N–H and O–H groups in total. The molecule has 0 spiro atoms. The Kier molecular flexibility index (Phi) is 5.32. The maximum Gasteiger partial charge on any atom is 0.217 e. The average Bonchev–Trinajstić information content (AvgIpc) is 3.09. The number of nitriles is 1. The highest BCUT2D eigenvalue weighted by Gasteiger charge is 2.26. The Morgan fingerprint density at radius 1 is 1.50 bits per heavy atom. The number of carbonyl (C=O) groups is 1. The molecule has 1 aliphatic heterocycles. The highest BCUT2D eigenvalue weighted by atomic mass is 19.1. The SMILES string of the molecule is CC(=O)NCc1ccncc1O[C@H]1CCN(c2ccc(C#N)cc2F)C1. The molecule has 0 radical (unpaired) electrons. The standard InChI is InChI=1S/C19H19FN4O2/c1-13(25)23-10-15-4-6-22-11-19(15)26-16-5-7-24(12-16)18-3-2-14(9-21)8-17(18)20/h2-4,6,8,11,16H,5,7,10,12H2,1H3,(H,23,25)/t16-/m0/s1. The number of hydrogen-bond acceptors (Lipinski definition) is 5. The lowest BCUT2D eigenvalue weighted by atomic mass is 10.2. The van der Waals surface area contributed by atoms with Crippen molar-refractivity contribution in [3.8, 4) is 11.8 Å². The van der Waals surface area contributed by atoms with Crippen molar-refractivity contribution in [1.29, 1.82) is 5.26 Å². The minimum absolute atomic E-state index is 0.106. The Bertz CT molecular complexity index is 850. The summed E-state index contributed by atoms with van der Waals surface area (Å²) in [7, 11) is 0. The summed E-state index contributed by atoms with van der Waals surface area (Å²) in [5, 5.41) is 11.6. The monoisotopic (exact) mass is 354 g/mol. The van der Waals surface area contributed by atoms with Gasteiger partial charge in [-0.1, -0.05) is 0 Å². The smallest absolute Gasteiger partial charge is 0.217 e. The second-order valence-electron chi connectivity index (χ2n) is 6.15. The van der Waals surface area contributed by atoms with Gasteiger partial charge in [0.15, 0.2) is 0 Å². The molecule has 1 aromatic heterocycles. The summed E-state index contributed by atoms with van der Waals surface area (Å²) in [6.07, 6.45) is 3.91. The molecule has 0 aliphatic carbocycles. The first-order valence-electron chi connectivity index (χ1n) is 8.35. The molecule has 1 saturated heterocycles. The third-order valence-electron chi connectivity index (χ3n) is 4.25. The molecule has 3 rings (SSSR count). The Balaban J connectivity index is 1.67. The number of nitrogens with one attached hydrogen (secondary N) is 1. The first kappa shape index (κ1) is 17.7. The zero-order valence-electron chi connectivity index (χ0n) is 14.4. The fourth-order valence-corrected chi connectivity index (χ4v) is 2.94. The van der Waals surface area contributed by atoms with E-state index < -0.39 is 5.82 Å². The van der Waals surface area contributed by atoms with Crippen molar-refractivity contribution in [2.75, 3.05) is 18.0 Å². The van der Waals surface area contributed by atoms with Crippen LogP contribution in [0.5, 0.6) is 5.75 Å². The van der Waals surface area contributed by atoms with E-state index in [-0.39, 0.29) is 12.0 Å². The van der Waals surface area contributed by atoms with Crippen LogP contribution in [-0.2, 0) is 11.3 Å². The molecule has 1 fully saturated rings. The summed E-state index contributed by atoms with van der Waals surface area (Å²) in [5.74, 6) is 0.0990. The van der Waals surface area contributed by atoms with Crippen LogP contribution in [0.25, 0.3) is 0 Å². The number of rotatable bonds is 5. The van der Waals surface area contributed by atoms with E-state index in [1.165, 1.54) is 13.0 Å².